The van der Waals surface area contributed by atoms with Gasteiger partial charge in [0.25, 0.3) is 0 Å². The van der Waals surface area contributed by atoms with Crippen LogP contribution in [0.15, 0.2) is 30.3 Å². The van der Waals surface area contributed by atoms with Crippen molar-refractivity contribution < 1.29 is 19.2 Å². The van der Waals surface area contributed by atoms with Gasteiger partial charge < -0.3 is 19.7 Å². The minimum Gasteiger partial charge on any atom is -0.465 e. The number of carboxylic acid groups (broad SMARTS) is 1. The fourth-order valence-electron chi connectivity index (χ4n) is 5.31. The maximum atomic E-state index is 11.3. The minimum absolute atomic E-state index is 0.0585. The predicted molar refractivity (Wildman–Crippen MR) is 95.2 cm³/mol. The smallest absolute Gasteiger partial charge is 0.465 e. The molecule has 1 unspecified atom stereocenters. The van der Waals surface area contributed by atoms with Gasteiger partial charge >= 0.3 is 13.2 Å². The fraction of sp³-hybridized carbons (Fsp3) is 0.632. The molecule has 2 bridgehead atoms. The molecule has 1 aliphatic heterocycles. The van der Waals surface area contributed by atoms with Crippen LogP contribution in [0.5, 0.6) is 0 Å². The van der Waals surface area contributed by atoms with Crippen LogP contribution in [0.3, 0.4) is 0 Å². The number of amides is 1. The van der Waals surface area contributed by atoms with Gasteiger partial charge in [0.2, 0.25) is 0 Å². The molecule has 1 aromatic rings. The first-order chi connectivity index (χ1) is 11.8. The van der Waals surface area contributed by atoms with E-state index in [1.165, 1.54) is 6.42 Å². The van der Waals surface area contributed by atoms with Gasteiger partial charge in [-0.2, -0.15) is 0 Å². The summed E-state index contributed by atoms with van der Waals surface area (Å²) >= 11 is 0. The van der Waals surface area contributed by atoms with Gasteiger partial charge in [0.15, 0.2) is 0 Å². The molecule has 0 radical (unpaired) electrons. The standard InChI is InChI=1S/C19H26BNO4/c1-18(2)13-10-14(18)19(3)15(11-13)24-20(25-19)16(21-17(22)23)9-12-7-5-4-6-8-12/h4-8,13-16,21H,9-11H2,1-3H3,(H,22,23)/t13-,14-,15+,16?,19-/m0/s1. The van der Waals surface area contributed by atoms with Crippen molar-refractivity contribution in [3.05, 3.63) is 35.9 Å². The zero-order valence-corrected chi connectivity index (χ0v) is 15.1. The molecular weight excluding hydrogens is 317 g/mol. The first-order valence-electron chi connectivity index (χ1n) is 9.17. The molecule has 25 heavy (non-hydrogen) atoms. The summed E-state index contributed by atoms with van der Waals surface area (Å²) in [6.07, 6.45) is 1.76. The molecule has 1 amide bonds. The third-order valence-electron chi connectivity index (χ3n) is 6.90. The molecule has 5 rings (SSSR count). The maximum absolute atomic E-state index is 11.3. The van der Waals surface area contributed by atoms with Gasteiger partial charge in [-0.25, -0.2) is 4.79 Å². The number of nitrogens with one attached hydrogen (secondary N) is 1. The lowest BCUT2D eigenvalue weighted by molar-refractivity contribution is -0.199. The molecule has 0 aromatic heterocycles. The number of rotatable bonds is 4. The lowest BCUT2D eigenvalue weighted by Crippen LogP contribution is -2.65. The SMILES string of the molecule is CC1(C)[C@@H]2C[C@H]3OB(C(Cc4ccccc4)NC(=O)O)O[C@@]3(C)[C@H]1C2. The van der Waals surface area contributed by atoms with Crippen LogP contribution in [0.2, 0.25) is 0 Å². The van der Waals surface area contributed by atoms with Gasteiger partial charge in [0.1, 0.15) is 0 Å². The van der Waals surface area contributed by atoms with Crippen molar-refractivity contribution in [1.29, 1.82) is 0 Å². The molecule has 0 spiro atoms. The van der Waals surface area contributed by atoms with Crippen LogP contribution >= 0.6 is 0 Å². The number of benzene rings is 1. The molecular formula is C19H26BNO4. The van der Waals surface area contributed by atoms with E-state index in [0.29, 0.717) is 18.3 Å². The van der Waals surface area contributed by atoms with Crippen molar-refractivity contribution >= 4 is 13.2 Å². The van der Waals surface area contributed by atoms with Crippen LogP contribution in [-0.4, -0.2) is 36.0 Å². The van der Waals surface area contributed by atoms with Crippen molar-refractivity contribution in [2.24, 2.45) is 17.3 Å². The number of carbonyl (C=O) groups is 1. The van der Waals surface area contributed by atoms with Gasteiger partial charge in [0, 0.05) is 0 Å². The van der Waals surface area contributed by atoms with Crippen LogP contribution in [0.1, 0.15) is 39.2 Å². The maximum Gasteiger partial charge on any atom is 0.482 e. The van der Waals surface area contributed by atoms with E-state index in [1.807, 2.05) is 30.3 Å². The van der Waals surface area contributed by atoms with Crippen LogP contribution in [0.25, 0.3) is 0 Å². The van der Waals surface area contributed by atoms with E-state index in [0.717, 1.165) is 12.0 Å². The topological polar surface area (TPSA) is 67.8 Å². The van der Waals surface area contributed by atoms with Gasteiger partial charge in [0.05, 0.1) is 17.6 Å². The molecule has 1 heterocycles. The molecule has 4 fully saturated rings. The highest BCUT2D eigenvalue weighted by Gasteiger charge is 2.68. The first kappa shape index (κ1) is 16.9. The van der Waals surface area contributed by atoms with Crippen LogP contribution in [0, 0.1) is 17.3 Å². The second-order valence-corrected chi connectivity index (χ2v) is 8.58. The fourth-order valence-corrected chi connectivity index (χ4v) is 5.31. The van der Waals surface area contributed by atoms with E-state index in [2.05, 4.69) is 26.1 Å². The van der Waals surface area contributed by atoms with Crippen molar-refractivity contribution in [2.45, 2.75) is 57.7 Å². The summed E-state index contributed by atoms with van der Waals surface area (Å²) in [5.41, 5.74) is 1.02. The van der Waals surface area contributed by atoms with E-state index in [4.69, 9.17) is 9.31 Å². The van der Waals surface area contributed by atoms with E-state index >= 15 is 0 Å². The number of hydrogen-bond donors (Lipinski definition) is 2. The average Bonchev–Trinajstić information content (AvgIpc) is 2.91. The summed E-state index contributed by atoms with van der Waals surface area (Å²) in [6.45, 7) is 6.79. The zero-order valence-electron chi connectivity index (χ0n) is 15.1. The second-order valence-electron chi connectivity index (χ2n) is 8.58. The zero-order chi connectivity index (χ0) is 17.8. The van der Waals surface area contributed by atoms with Crippen molar-refractivity contribution in [3.8, 4) is 0 Å². The molecule has 1 saturated heterocycles. The molecule has 2 N–H and O–H groups in total. The van der Waals surface area contributed by atoms with Gasteiger partial charge in [-0.15, -0.1) is 0 Å². The lowest BCUT2D eigenvalue weighted by atomic mass is 9.43. The highest BCUT2D eigenvalue weighted by molar-refractivity contribution is 6.47. The summed E-state index contributed by atoms with van der Waals surface area (Å²) in [5, 5.41) is 11.9. The third kappa shape index (κ3) is 2.66. The van der Waals surface area contributed by atoms with Crippen molar-refractivity contribution in [1.82, 2.24) is 5.32 Å². The average molecular weight is 343 g/mol. The van der Waals surface area contributed by atoms with Gasteiger partial charge in [-0.05, 0) is 49.0 Å². The highest BCUT2D eigenvalue weighted by Crippen LogP contribution is 2.65. The molecule has 134 valence electrons. The van der Waals surface area contributed by atoms with Crippen LogP contribution < -0.4 is 5.32 Å². The highest BCUT2D eigenvalue weighted by atomic mass is 16.7. The van der Waals surface area contributed by atoms with Crippen LogP contribution in [-0.2, 0) is 15.7 Å². The Kier molecular flexibility index (Phi) is 3.89. The first-order valence-corrected chi connectivity index (χ1v) is 9.17. The molecule has 4 aliphatic rings. The Morgan fingerprint density at radius 3 is 2.68 bits per heavy atom. The summed E-state index contributed by atoms with van der Waals surface area (Å²) in [5.74, 6) is 0.733. The summed E-state index contributed by atoms with van der Waals surface area (Å²) in [7, 11) is -0.540. The molecule has 5 nitrogen and oxygen atoms in total. The molecule has 1 aromatic carbocycles. The molecule has 6 heteroatoms. The van der Waals surface area contributed by atoms with E-state index < -0.39 is 19.2 Å². The Morgan fingerprint density at radius 1 is 1.32 bits per heavy atom. The lowest BCUT2D eigenvalue weighted by Gasteiger charge is -2.64. The van der Waals surface area contributed by atoms with Crippen molar-refractivity contribution in [2.75, 3.05) is 0 Å². The third-order valence-corrected chi connectivity index (χ3v) is 6.90. The quantitative estimate of drug-likeness (QED) is 0.825. The van der Waals surface area contributed by atoms with E-state index in [1.54, 1.807) is 0 Å². The second kappa shape index (κ2) is 5.75. The molecule has 3 aliphatic carbocycles. The summed E-state index contributed by atoms with van der Waals surface area (Å²) in [4.78, 5) is 11.3. The Morgan fingerprint density at radius 2 is 2.04 bits per heavy atom. The minimum atomic E-state index is -1.04. The van der Waals surface area contributed by atoms with Crippen LogP contribution in [0.4, 0.5) is 4.79 Å². The Balaban J connectivity index is 1.54. The van der Waals surface area contributed by atoms with Crippen molar-refractivity contribution in [3.63, 3.8) is 0 Å². The Labute approximate surface area is 149 Å². The summed E-state index contributed by atoms with van der Waals surface area (Å²) < 4.78 is 12.7. The number of hydrogen-bond acceptors (Lipinski definition) is 3. The molecule has 3 saturated carbocycles. The predicted octanol–water partition coefficient (Wildman–Crippen LogP) is 3.13. The Bertz CT molecular complexity index is 667. The Hall–Kier alpha value is -1.53. The molecule has 5 atom stereocenters. The summed E-state index contributed by atoms with van der Waals surface area (Å²) in [6, 6.07) is 9.88. The largest absolute Gasteiger partial charge is 0.482 e. The normalized spacial score (nSPS) is 36.3. The van der Waals surface area contributed by atoms with E-state index in [9.17, 15) is 9.90 Å². The van der Waals surface area contributed by atoms with Gasteiger partial charge in [-0.3, -0.25) is 0 Å². The van der Waals surface area contributed by atoms with Gasteiger partial charge in [-0.1, -0.05) is 44.2 Å². The monoisotopic (exact) mass is 343 g/mol. The van der Waals surface area contributed by atoms with E-state index in [-0.39, 0.29) is 17.1 Å².